The molecule has 0 fully saturated rings. The molecule has 0 heterocycles. The normalized spacial score (nSPS) is 17.0. The fourth-order valence-electron chi connectivity index (χ4n) is 2.22. The zero-order chi connectivity index (χ0) is 14.6. The molecule has 0 amide bonds. The molecule has 1 unspecified atom stereocenters. The molecule has 1 atom stereocenters. The first-order valence-electron chi connectivity index (χ1n) is 6.74. The Morgan fingerprint density at radius 1 is 1.06 bits per heavy atom. The summed E-state index contributed by atoms with van der Waals surface area (Å²) in [5, 5.41) is 3.32. The summed E-state index contributed by atoms with van der Waals surface area (Å²) in [7, 11) is 5.75. The molecule has 2 nitrogen and oxygen atoms in total. The lowest BCUT2D eigenvalue weighted by atomic mass is 9.96. The van der Waals surface area contributed by atoms with Gasteiger partial charge in [0.05, 0.1) is 4.87 Å². The van der Waals surface area contributed by atoms with Crippen LogP contribution in [0.2, 0.25) is 0 Å². The van der Waals surface area contributed by atoms with Crippen molar-refractivity contribution < 1.29 is 0 Å². The molecule has 0 aromatic carbocycles. The van der Waals surface area contributed by atoms with E-state index < -0.39 is 0 Å². The van der Waals surface area contributed by atoms with Gasteiger partial charge in [-0.25, -0.2) is 0 Å². The van der Waals surface area contributed by atoms with Crippen LogP contribution in [0.4, 0.5) is 0 Å². The maximum atomic E-state index is 6.42. The average molecular weight is 293 g/mol. The molecular formula is C14H32N2S2. The number of rotatable bonds is 8. The largest absolute Gasteiger partial charge is 0.316 e. The Balaban J connectivity index is 4.34. The van der Waals surface area contributed by atoms with Crippen molar-refractivity contribution in [3.8, 4) is 0 Å². The number of nitrogens with two attached hydrogens (primary N) is 1. The molecule has 18 heavy (non-hydrogen) atoms. The monoisotopic (exact) mass is 292 g/mol. The smallest absolute Gasteiger partial charge is 0.0712 e. The van der Waals surface area contributed by atoms with Crippen molar-refractivity contribution in [1.82, 2.24) is 5.32 Å². The van der Waals surface area contributed by atoms with Crippen LogP contribution in [-0.4, -0.2) is 22.2 Å². The zero-order valence-corrected chi connectivity index (χ0v) is 15.0. The SMILES string of the molecule is CNC(C)(C)CC(C)(N)SSC(C)(C)CC(C)C. The van der Waals surface area contributed by atoms with Gasteiger partial charge in [0, 0.05) is 10.3 Å². The summed E-state index contributed by atoms with van der Waals surface area (Å²) in [6.45, 7) is 15.7. The molecular weight excluding hydrogens is 260 g/mol. The summed E-state index contributed by atoms with van der Waals surface area (Å²) < 4.78 is 0.281. The second-order valence-corrected chi connectivity index (χ2v) is 10.5. The average Bonchev–Trinajstić information content (AvgIpc) is 2.12. The Kier molecular flexibility index (Phi) is 7.10. The van der Waals surface area contributed by atoms with Crippen molar-refractivity contribution in [3.05, 3.63) is 0 Å². The number of hydrogen-bond acceptors (Lipinski definition) is 4. The molecule has 0 spiro atoms. The minimum atomic E-state index is -0.203. The molecule has 0 saturated carbocycles. The van der Waals surface area contributed by atoms with Crippen LogP contribution in [0, 0.1) is 5.92 Å². The lowest BCUT2D eigenvalue weighted by molar-refractivity contribution is 0.353. The molecule has 4 heteroatoms. The molecule has 0 aromatic heterocycles. The van der Waals surface area contributed by atoms with Gasteiger partial charge in [-0.05, 0) is 60.4 Å². The van der Waals surface area contributed by atoms with E-state index in [0.29, 0.717) is 0 Å². The topological polar surface area (TPSA) is 38.0 Å². The Labute approximate surface area is 122 Å². The minimum absolute atomic E-state index is 0.0826. The zero-order valence-electron chi connectivity index (χ0n) is 13.4. The summed E-state index contributed by atoms with van der Waals surface area (Å²) in [5.74, 6) is 0.728. The Morgan fingerprint density at radius 3 is 1.94 bits per heavy atom. The first-order valence-corrected chi connectivity index (χ1v) is 8.89. The van der Waals surface area contributed by atoms with Crippen LogP contribution in [0.5, 0.6) is 0 Å². The van der Waals surface area contributed by atoms with Gasteiger partial charge < -0.3 is 11.1 Å². The van der Waals surface area contributed by atoms with Crippen molar-refractivity contribution in [2.75, 3.05) is 7.05 Å². The van der Waals surface area contributed by atoms with E-state index in [0.717, 1.165) is 12.3 Å². The molecule has 0 aliphatic heterocycles. The molecule has 0 radical (unpaired) electrons. The summed E-state index contributed by atoms with van der Waals surface area (Å²) in [6, 6.07) is 0. The summed E-state index contributed by atoms with van der Waals surface area (Å²) in [6.07, 6.45) is 2.17. The molecule has 0 rings (SSSR count). The van der Waals surface area contributed by atoms with Crippen molar-refractivity contribution in [1.29, 1.82) is 0 Å². The second-order valence-electron chi connectivity index (χ2n) is 7.15. The van der Waals surface area contributed by atoms with E-state index in [1.54, 1.807) is 0 Å². The molecule has 0 bridgehead atoms. The number of nitrogens with one attached hydrogen (secondary N) is 1. The van der Waals surface area contributed by atoms with Crippen molar-refractivity contribution in [3.63, 3.8) is 0 Å². The van der Waals surface area contributed by atoms with E-state index in [1.165, 1.54) is 6.42 Å². The molecule has 110 valence electrons. The van der Waals surface area contributed by atoms with E-state index in [9.17, 15) is 0 Å². The van der Waals surface area contributed by atoms with E-state index >= 15 is 0 Å². The van der Waals surface area contributed by atoms with Crippen LogP contribution < -0.4 is 11.1 Å². The van der Waals surface area contributed by atoms with Gasteiger partial charge >= 0.3 is 0 Å². The van der Waals surface area contributed by atoms with Crippen LogP contribution in [0.15, 0.2) is 0 Å². The Hall–Kier alpha value is 0.620. The van der Waals surface area contributed by atoms with Gasteiger partial charge in [-0.2, -0.15) is 0 Å². The van der Waals surface area contributed by atoms with Crippen LogP contribution in [0.1, 0.15) is 61.3 Å². The van der Waals surface area contributed by atoms with Gasteiger partial charge in [0.15, 0.2) is 0 Å². The fourth-order valence-corrected chi connectivity index (χ4v) is 5.09. The van der Waals surface area contributed by atoms with E-state index in [1.807, 2.05) is 28.6 Å². The van der Waals surface area contributed by atoms with Gasteiger partial charge in [0.1, 0.15) is 0 Å². The molecule has 3 N–H and O–H groups in total. The van der Waals surface area contributed by atoms with Crippen molar-refractivity contribution >= 4 is 21.6 Å². The lowest BCUT2D eigenvalue weighted by Gasteiger charge is -2.36. The fraction of sp³-hybridized carbons (Fsp3) is 1.00. The van der Waals surface area contributed by atoms with Gasteiger partial charge in [0.2, 0.25) is 0 Å². The van der Waals surface area contributed by atoms with Crippen LogP contribution >= 0.6 is 21.6 Å². The lowest BCUT2D eigenvalue weighted by Crippen LogP contribution is -2.46. The van der Waals surface area contributed by atoms with Gasteiger partial charge in [-0.3, -0.25) is 0 Å². The Bertz CT molecular complexity index is 248. The van der Waals surface area contributed by atoms with Crippen molar-refractivity contribution in [2.45, 2.75) is 76.5 Å². The first kappa shape index (κ1) is 18.6. The quantitative estimate of drug-likeness (QED) is 0.518. The maximum Gasteiger partial charge on any atom is 0.0712 e. The van der Waals surface area contributed by atoms with E-state index in [4.69, 9.17) is 5.73 Å². The first-order chi connectivity index (χ1) is 7.89. The van der Waals surface area contributed by atoms with Crippen LogP contribution in [0.3, 0.4) is 0 Å². The molecule has 0 aromatic rings. The predicted octanol–water partition coefficient (Wildman–Crippen LogP) is 4.26. The standard InChI is InChI=1S/C14H32N2S2/c1-11(2)9-13(5,6)17-18-14(7,15)10-12(3,4)16-8/h11,16H,9-10,15H2,1-8H3. The highest BCUT2D eigenvalue weighted by molar-refractivity contribution is 8.77. The minimum Gasteiger partial charge on any atom is -0.316 e. The summed E-state index contributed by atoms with van der Waals surface area (Å²) in [4.78, 5) is -0.203. The molecule has 0 aliphatic rings. The Morgan fingerprint density at radius 2 is 1.56 bits per heavy atom. The third-order valence-corrected chi connectivity index (χ3v) is 6.80. The highest BCUT2D eigenvalue weighted by Gasteiger charge is 2.31. The summed E-state index contributed by atoms with van der Waals surface area (Å²) in [5.41, 5.74) is 6.50. The van der Waals surface area contributed by atoms with Crippen LogP contribution in [-0.2, 0) is 0 Å². The van der Waals surface area contributed by atoms with Gasteiger partial charge in [-0.1, -0.05) is 35.4 Å². The predicted molar refractivity (Wildman–Crippen MR) is 89.1 cm³/mol. The van der Waals surface area contributed by atoms with E-state index in [-0.39, 0.29) is 15.2 Å². The molecule has 0 saturated heterocycles. The highest BCUT2D eigenvalue weighted by Crippen LogP contribution is 2.46. The van der Waals surface area contributed by atoms with Crippen molar-refractivity contribution in [2.24, 2.45) is 11.7 Å². The van der Waals surface area contributed by atoms with Crippen LogP contribution in [0.25, 0.3) is 0 Å². The third kappa shape index (κ3) is 8.68. The van der Waals surface area contributed by atoms with Gasteiger partial charge in [0.25, 0.3) is 0 Å². The molecule has 0 aliphatic carbocycles. The number of hydrogen-bond donors (Lipinski definition) is 2. The second kappa shape index (κ2) is 6.87. The van der Waals surface area contributed by atoms with E-state index in [2.05, 4.69) is 53.8 Å². The third-order valence-electron chi connectivity index (χ3n) is 2.83. The highest BCUT2D eigenvalue weighted by atomic mass is 33.1. The maximum absolute atomic E-state index is 6.42. The summed E-state index contributed by atoms with van der Waals surface area (Å²) >= 11 is 0. The van der Waals surface area contributed by atoms with Gasteiger partial charge in [-0.15, -0.1) is 0 Å².